The van der Waals surface area contributed by atoms with Gasteiger partial charge < -0.3 is 10.2 Å². The van der Waals surface area contributed by atoms with E-state index in [1.54, 1.807) is 24.3 Å². The molecule has 0 radical (unpaired) electrons. The Bertz CT molecular complexity index is 995. The Morgan fingerprint density at radius 1 is 1.00 bits per heavy atom. The highest BCUT2D eigenvalue weighted by Gasteiger charge is 2.25. The molecule has 7 nitrogen and oxygen atoms in total. The van der Waals surface area contributed by atoms with E-state index < -0.39 is 10.0 Å². The van der Waals surface area contributed by atoms with Crippen LogP contribution in [0.4, 0.5) is 5.69 Å². The Kier molecular flexibility index (Phi) is 6.22. The minimum atomic E-state index is -3.35. The van der Waals surface area contributed by atoms with Gasteiger partial charge in [0.15, 0.2) is 0 Å². The van der Waals surface area contributed by atoms with E-state index in [0.717, 1.165) is 17.4 Å². The summed E-state index contributed by atoms with van der Waals surface area (Å²) in [5.41, 5.74) is 2.55. The quantitative estimate of drug-likeness (QED) is 0.784. The summed E-state index contributed by atoms with van der Waals surface area (Å²) in [5, 5.41) is 3.00. The van der Waals surface area contributed by atoms with Gasteiger partial charge in [-0.25, -0.2) is 8.42 Å². The molecule has 2 N–H and O–H groups in total. The summed E-state index contributed by atoms with van der Waals surface area (Å²) < 4.78 is 24.9. The number of sulfonamides is 1. The third kappa shape index (κ3) is 5.57. The number of carbonyl (C=O) groups excluding carboxylic acids is 2. The van der Waals surface area contributed by atoms with Gasteiger partial charge in [0.2, 0.25) is 10.0 Å². The van der Waals surface area contributed by atoms with E-state index >= 15 is 0 Å². The Balaban J connectivity index is 1.53. The SMILES string of the molecule is Cc1ccccc1C(=O)N1CCC(NC(=O)c2ccc(NS(C)(=O)=O)cc2)CC1. The van der Waals surface area contributed by atoms with Gasteiger partial charge in [0.1, 0.15) is 0 Å². The maximum Gasteiger partial charge on any atom is 0.254 e. The fraction of sp³-hybridized carbons (Fsp3) is 0.333. The maximum atomic E-state index is 12.7. The number of aryl methyl sites for hydroxylation is 1. The summed E-state index contributed by atoms with van der Waals surface area (Å²) in [7, 11) is -3.35. The smallest absolute Gasteiger partial charge is 0.254 e. The van der Waals surface area contributed by atoms with E-state index in [-0.39, 0.29) is 17.9 Å². The van der Waals surface area contributed by atoms with Gasteiger partial charge in [-0.1, -0.05) is 18.2 Å². The first-order chi connectivity index (χ1) is 13.7. The second-order valence-corrected chi connectivity index (χ2v) is 9.05. The molecular formula is C21H25N3O4S. The number of benzene rings is 2. The number of piperidine rings is 1. The fourth-order valence-electron chi connectivity index (χ4n) is 3.38. The average Bonchev–Trinajstić information content (AvgIpc) is 2.68. The lowest BCUT2D eigenvalue weighted by molar-refractivity contribution is 0.0697. The summed E-state index contributed by atoms with van der Waals surface area (Å²) in [6, 6.07) is 13.8. The Labute approximate surface area is 171 Å². The molecule has 0 spiro atoms. The van der Waals surface area contributed by atoms with Crippen LogP contribution in [0.5, 0.6) is 0 Å². The molecule has 1 fully saturated rings. The zero-order chi connectivity index (χ0) is 21.0. The van der Waals surface area contributed by atoms with Crippen LogP contribution in [0.3, 0.4) is 0 Å². The molecule has 154 valence electrons. The van der Waals surface area contributed by atoms with Crippen LogP contribution in [0.25, 0.3) is 0 Å². The summed E-state index contributed by atoms with van der Waals surface area (Å²) in [6.45, 7) is 3.11. The molecule has 8 heteroatoms. The highest BCUT2D eigenvalue weighted by molar-refractivity contribution is 7.92. The van der Waals surface area contributed by atoms with Crippen molar-refractivity contribution in [2.75, 3.05) is 24.1 Å². The summed E-state index contributed by atoms with van der Waals surface area (Å²) in [5.74, 6) is -0.179. The first kappa shape index (κ1) is 20.9. The fourth-order valence-corrected chi connectivity index (χ4v) is 3.95. The molecule has 0 saturated carbocycles. The number of carbonyl (C=O) groups is 2. The summed E-state index contributed by atoms with van der Waals surface area (Å²) in [6.07, 6.45) is 2.46. The zero-order valence-corrected chi connectivity index (χ0v) is 17.3. The lowest BCUT2D eigenvalue weighted by atomic mass is 10.0. The van der Waals surface area contributed by atoms with Gasteiger partial charge in [-0.15, -0.1) is 0 Å². The lowest BCUT2D eigenvalue weighted by Crippen LogP contribution is -2.46. The number of nitrogens with one attached hydrogen (secondary N) is 2. The van der Waals surface area contributed by atoms with Crippen LogP contribution in [0.15, 0.2) is 48.5 Å². The second-order valence-electron chi connectivity index (χ2n) is 7.31. The van der Waals surface area contributed by atoms with Gasteiger partial charge in [-0.3, -0.25) is 14.3 Å². The Morgan fingerprint density at radius 3 is 2.21 bits per heavy atom. The number of rotatable bonds is 5. The summed E-state index contributed by atoms with van der Waals surface area (Å²) >= 11 is 0. The van der Waals surface area contributed by atoms with Crippen molar-refractivity contribution in [3.63, 3.8) is 0 Å². The van der Waals surface area contributed by atoms with Crippen molar-refractivity contribution < 1.29 is 18.0 Å². The number of hydrogen-bond acceptors (Lipinski definition) is 4. The third-order valence-corrected chi connectivity index (χ3v) is 5.55. The second kappa shape index (κ2) is 8.65. The number of anilines is 1. The number of amides is 2. The maximum absolute atomic E-state index is 12.7. The molecule has 1 heterocycles. The third-order valence-electron chi connectivity index (χ3n) is 4.94. The van der Waals surface area contributed by atoms with E-state index in [1.807, 2.05) is 36.1 Å². The number of hydrogen-bond donors (Lipinski definition) is 2. The normalized spacial score (nSPS) is 15.0. The lowest BCUT2D eigenvalue weighted by Gasteiger charge is -2.32. The van der Waals surface area contributed by atoms with Gasteiger partial charge in [0.05, 0.1) is 6.26 Å². The molecule has 1 saturated heterocycles. The molecule has 3 rings (SSSR count). The first-order valence-electron chi connectivity index (χ1n) is 9.46. The van der Waals surface area contributed by atoms with E-state index in [0.29, 0.717) is 37.2 Å². The zero-order valence-electron chi connectivity index (χ0n) is 16.5. The molecule has 29 heavy (non-hydrogen) atoms. The molecule has 0 aliphatic carbocycles. The van der Waals surface area contributed by atoms with Gasteiger partial charge in [-0.2, -0.15) is 0 Å². The van der Waals surface area contributed by atoms with Crippen LogP contribution >= 0.6 is 0 Å². The van der Waals surface area contributed by atoms with Gasteiger partial charge in [0, 0.05) is 35.9 Å². The minimum Gasteiger partial charge on any atom is -0.349 e. The monoisotopic (exact) mass is 415 g/mol. The van der Waals surface area contributed by atoms with Crippen LogP contribution in [-0.2, 0) is 10.0 Å². The molecular weight excluding hydrogens is 390 g/mol. The number of likely N-dealkylation sites (tertiary alicyclic amines) is 1. The molecule has 2 aromatic carbocycles. The van der Waals surface area contributed by atoms with Crippen molar-refractivity contribution in [1.82, 2.24) is 10.2 Å². The molecule has 1 aliphatic heterocycles. The molecule has 0 bridgehead atoms. The Morgan fingerprint density at radius 2 is 1.62 bits per heavy atom. The van der Waals surface area contributed by atoms with Crippen molar-refractivity contribution in [2.24, 2.45) is 0 Å². The van der Waals surface area contributed by atoms with Crippen molar-refractivity contribution in [3.8, 4) is 0 Å². The molecule has 2 aromatic rings. The van der Waals surface area contributed by atoms with Gasteiger partial charge in [-0.05, 0) is 55.7 Å². The van der Waals surface area contributed by atoms with Gasteiger partial charge >= 0.3 is 0 Å². The molecule has 0 unspecified atom stereocenters. The largest absolute Gasteiger partial charge is 0.349 e. The van der Waals surface area contributed by atoms with E-state index in [9.17, 15) is 18.0 Å². The average molecular weight is 416 g/mol. The molecule has 0 aromatic heterocycles. The van der Waals surface area contributed by atoms with Crippen LogP contribution in [-0.4, -0.2) is 50.5 Å². The van der Waals surface area contributed by atoms with E-state index in [1.165, 1.54) is 0 Å². The van der Waals surface area contributed by atoms with Crippen molar-refractivity contribution in [1.29, 1.82) is 0 Å². The summed E-state index contributed by atoms with van der Waals surface area (Å²) in [4.78, 5) is 27.0. The van der Waals surface area contributed by atoms with E-state index in [2.05, 4.69) is 10.0 Å². The Hall–Kier alpha value is -2.87. The highest BCUT2D eigenvalue weighted by atomic mass is 32.2. The van der Waals surface area contributed by atoms with Crippen molar-refractivity contribution >= 4 is 27.5 Å². The predicted octanol–water partition coefficient (Wildman–Crippen LogP) is 2.40. The molecule has 1 aliphatic rings. The van der Waals surface area contributed by atoms with Crippen molar-refractivity contribution in [2.45, 2.75) is 25.8 Å². The van der Waals surface area contributed by atoms with Crippen molar-refractivity contribution in [3.05, 3.63) is 65.2 Å². The molecule has 2 amide bonds. The predicted molar refractivity (Wildman–Crippen MR) is 112 cm³/mol. The van der Waals surface area contributed by atoms with Crippen LogP contribution in [0, 0.1) is 6.92 Å². The highest BCUT2D eigenvalue weighted by Crippen LogP contribution is 2.17. The van der Waals surface area contributed by atoms with E-state index in [4.69, 9.17) is 0 Å². The number of nitrogens with zero attached hydrogens (tertiary/aromatic N) is 1. The molecule has 0 atom stereocenters. The minimum absolute atomic E-state index is 0.00255. The van der Waals surface area contributed by atoms with Crippen LogP contribution < -0.4 is 10.0 Å². The first-order valence-corrected chi connectivity index (χ1v) is 11.4. The van der Waals surface area contributed by atoms with Crippen LogP contribution in [0.1, 0.15) is 39.1 Å². The topological polar surface area (TPSA) is 95.6 Å². The standard InChI is InChI=1S/C21H25N3O4S/c1-15-5-3-4-6-19(15)21(26)24-13-11-17(12-14-24)22-20(25)16-7-9-18(10-8-16)23-29(2,27)28/h3-10,17,23H,11-14H2,1-2H3,(H,22,25). The van der Waals surface area contributed by atoms with Crippen LogP contribution in [0.2, 0.25) is 0 Å². The van der Waals surface area contributed by atoms with Gasteiger partial charge in [0.25, 0.3) is 11.8 Å².